The molecule has 0 saturated carbocycles. The third kappa shape index (κ3) is 7.76. The fourth-order valence-electron chi connectivity index (χ4n) is 3.53. The van der Waals surface area contributed by atoms with Crippen molar-refractivity contribution >= 4 is 17.5 Å². The molecule has 33 heavy (non-hydrogen) atoms. The Morgan fingerprint density at radius 1 is 0.970 bits per heavy atom. The number of carbonyl (C=O) groups is 2. The Balaban J connectivity index is 1.45. The van der Waals surface area contributed by atoms with E-state index in [1.807, 2.05) is 38.1 Å². The molecule has 1 aliphatic heterocycles. The van der Waals surface area contributed by atoms with Gasteiger partial charge >= 0.3 is 0 Å². The SMILES string of the molecule is CCOc1ccc(C(=O)NCC(=O)Nc2ccc(CCN3CCOCC3)cc2)cc1OCC. The number of morpholine rings is 1. The number of hydrogen-bond donors (Lipinski definition) is 2. The number of rotatable bonds is 11. The minimum Gasteiger partial charge on any atom is -0.490 e. The Morgan fingerprint density at radius 3 is 2.36 bits per heavy atom. The van der Waals surface area contributed by atoms with Gasteiger partial charge in [-0.05, 0) is 56.2 Å². The molecule has 0 bridgehead atoms. The van der Waals surface area contributed by atoms with Crippen LogP contribution in [0.4, 0.5) is 5.69 Å². The van der Waals surface area contributed by atoms with Crippen LogP contribution in [0.2, 0.25) is 0 Å². The Bertz CT molecular complexity index is 911. The van der Waals surface area contributed by atoms with Gasteiger partial charge in [0.05, 0.1) is 33.0 Å². The third-order valence-electron chi connectivity index (χ3n) is 5.27. The fourth-order valence-corrected chi connectivity index (χ4v) is 3.53. The molecular formula is C25H33N3O5. The van der Waals surface area contributed by atoms with Gasteiger partial charge in [-0.2, -0.15) is 0 Å². The van der Waals surface area contributed by atoms with Crippen LogP contribution in [0.3, 0.4) is 0 Å². The molecule has 1 fully saturated rings. The first-order valence-corrected chi connectivity index (χ1v) is 11.5. The number of anilines is 1. The number of nitrogens with zero attached hydrogens (tertiary/aromatic N) is 1. The first kappa shape index (κ1) is 24.5. The second kappa shape index (κ2) is 12.8. The maximum atomic E-state index is 12.5. The Hall–Kier alpha value is -3.10. The van der Waals surface area contributed by atoms with Gasteiger partial charge in [0.2, 0.25) is 5.91 Å². The van der Waals surface area contributed by atoms with Gasteiger partial charge in [0, 0.05) is 30.9 Å². The lowest BCUT2D eigenvalue weighted by Gasteiger charge is -2.26. The van der Waals surface area contributed by atoms with Gasteiger partial charge in [0.25, 0.3) is 5.91 Å². The molecule has 2 amide bonds. The smallest absolute Gasteiger partial charge is 0.251 e. The van der Waals surface area contributed by atoms with Crippen LogP contribution in [0.5, 0.6) is 11.5 Å². The molecule has 1 heterocycles. The molecule has 178 valence electrons. The van der Waals surface area contributed by atoms with Crippen molar-refractivity contribution in [3.05, 3.63) is 53.6 Å². The fraction of sp³-hybridized carbons (Fsp3) is 0.440. The Kier molecular flexibility index (Phi) is 9.53. The molecule has 0 atom stereocenters. The predicted octanol–water partition coefficient (Wildman–Crippen LogP) is 2.73. The molecule has 0 aliphatic carbocycles. The summed E-state index contributed by atoms with van der Waals surface area (Å²) in [5.41, 5.74) is 2.32. The van der Waals surface area contributed by atoms with E-state index in [4.69, 9.17) is 14.2 Å². The van der Waals surface area contributed by atoms with Crippen molar-refractivity contribution in [3.63, 3.8) is 0 Å². The monoisotopic (exact) mass is 455 g/mol. The van der Waals surface area contributed by atoms with Crippen LogP contribution in [0.25, 0.3) is 0 Å². The molecule has 0 spiro atoms. The summed E-state index contributed by atoms with van der Waals surface area (Å²) >= 11 is 0. The molecule has 1 aliphatic rings. The molecule has 8 nitrogen and oxygen atoms in total. The highest BCUT2D eigenvalue weighted by Crippen LogP contribution is 2.28. The second-order valence-corrected chi connectivity index (χ2v) is 7.66. The van der Waals surface area contributed by atoms with Gasteiger partial charge in [0.1, 0.15) is 0 Å². The minimum absolute atomic E-state index is 0.130. The Morgan fingerprint density at radius 2 is 1.67 bits per heavy atom. The molecule has 3 rings (SSSR count). The summed E-state index contributed by atoms with van der Waals surface area (Å²) in [5, 5.41) is 5.46. The first-order chi connectivity index (χ1) is 16.1. The molecule has 0 radical (unpaired) electrons. The van der Waals surface area contributed by atoms with E-state index in [-0.39, 0.29) is 18.4 Å². The van der Waals surface area contributed by atoms with Crippen LogP contribution in [0, 0.1) is 0 Å². The highest BCUT2D eigenvalue weighted by atomic mass is 16.5. The lowest BCUT2D eigenvalue weighted by molar-refractivity contribution is -0.115. The zero-order valence-electron chi connectivity index (χ0n) is 19.4. The normalized spacial score (nSPS) is 13.9. The predicted molar refractivity (Wildman–Crippen MR) is 127 cm³/mol. The van der Waals surface area contributed by atoms with Crippen molar-refractivity contribution in [3.8, 4) is 11.5 Å². The summed E-state index contributed by atoms with van der Waals surface area (Å²) in [7, 11) is 0. The maximum Gasteiger partial charge on any atom is 0.251 e. The lowest BCUT2D eigenvalue weighted by Crippen LogP contribution is -2.37. The number of nitrogens with one attached hydrogen (secondary N) is 2. The van der Waals surface area contributed by atoms with Gasteiger partial charge < -0.3 is 24.8 Å². The number of carbonyl (C=O) groups excluding carboxylic acids is 2. The summed E-state index contributed by atoms with van der Waals surface area (Å²) in [6.45, 7) is 9.12. The van der Waals surface area contributed by atoms with Crippen LogP contribution in [-0.2, 0) is 16.0 Å². The van der Waals surface area contributed by atoms with E-state index in [1.165, 1.54) is 5.56 Å². The van der Waals surface area contributed by atoms with Crippen LogP contribution < -0.4 is 20.1 Å². The molecule has 2 aromatic carbocycles. The van der Waals surface area contributed by atoms with Crippen molar-refractivity contribution in [1.29, 1.82) is 0 Å². The van der Waals surface area contributed by atoms with Crippen molar-refractivity contribution in [1.82, 2.24) is 10.2 Å². The summed E-state index contributed by atoms with van der Waals surface area (Å²) < 4.78 is 16.4. The average molecular weight is 456 g/mol. The summed E-state index contributed by atoms with van der Waals surface area (Å²) in [4.78, 5) is 27.2. The lowest BCUT2D eigenvalue weighted by atomic mass is 10.1. The van der Waals surface area contributed by atoms with E-state index in [0.29, 0.717) is 36.0 Å². The van der Waals surface area contributed by atoms with Gasteiger partial charge in [-0.3, -0.25) is 14.5 Å². The highest BCUT2D eigenvalue weighted by molar-refractivity contribution is 5.99. The van der Waals surface area contributed by atoms with E-state index < -0.39 is 0 Å². The maximum absolute atomic E-state index is 12.5. The highest BCUT2D eigenvalue weighted by Gasteiger charge is 2.13. The molecule has 8 heteroatoms. The van der Waals surface area contributed by atoms with E-state index in [1.54, 1.807) is 18.2 Å². The van der Waals surface area contributed by atoms with Gasteiger partial charge in [0.15, 0.2) is 11.5 Å². The van der Waals surface area contributed by atoms with Gasteiger partial charge in [-0.15, -0.1) is 0 Å². The van der Waals surface area contributed by atoms with Crippen LogP contribution >= 0.6 is 0 Å². The van der Waals surface area contributed by atoms with Gasteiger partial charge in [-0.25, -0.2) is 0 Å². The topological polar surface area (TPSA) is 89.1 Å². The Labute approximate surface area is 195 Å². The number of ether oxygens (including phenoxy) is 3. The number of amides is 2. The third-order valence-corrected chi connectivity index (χ3v) is 5.27. The zero-order chi connectivity index (χ0) is 23.5. The molecule has 1 saturated heterocycles. The molecule has 2 N–H and O–H groups in total. The van der Waals surface area contributed by atoms with E-state index in [9.17, 15) is 9.59 Å². The van der Waals surface area contributed by atoms with Crippen molar-refractivity contribution in [2.45, 2.75) is 20.3 Å². The molecule has 0 unspecified atom stereocenters. The van der Waals surface area contributed by atoms with Crippen molar-refractivity contribution in [2.75, 3.05) is 57.9 Å². The molecule has 0 aromatic heterocycles. The molecule has 2 aromatic rings. The largest absolute Gasteiger partial charge is 0.490 e. The second-order valence-electron chi connectivity index (χ2n) is 7.66. The minimum atomic E-state index is -0.354. The van der Waals surface area contributed by atoms with Crippen molar-refractivity contribution < 1.29 is 23.8 Å². The summed E-state index contributed by atoms with van der Waals surface area (Å²) in [6, 6.07) is 12.8. The first-order valence-electron chi connectivity index (χ1n) is 11.5. The zero-order valence-corrected chi connectivity index (χ0v) is 19.4. The van der Waals surface area contributed by atoms with E-state index in [0.717, 1.165) is 39.3 Å². The standard InChI is InChI=1S/C25H33N3O5/c1-3-32-22-10-7-20(17-23(22)33-4-2)25(30)26-18-24(29)27-21-8-5-19(6-9-21)11-12-28-13-15-31-16-14-28/h5-10,17H,3-4,11-16,18H2,1-2H3,(H,26,30)(H,27,29). The summed E-state index contributed by atoms with van der Waals surface area (Å²) in [5.74, 6) is 0.445. The van der Waals surface area contributed by atoms with Crippen LogP contribution in [-0.4, -0.2) is 69.3 Å². The van der Waals surface area contributed by atoms with Crippen molar-refractivity contribution in [2.24, 2.45) is 0 Å². The number of hydrogen-bond acceptors (Lipinski definition) is 6. The number of benzene rings is 2. The van der Waals surface area contributed by atoms with Crippen LogP contribution in [0.1, 0.15) is 29.8 Å². The van der Waals surface area contributed by atoms with E-state index in [2.05, 4.69) is 15.5 Å². The van der Waals surface area contributed by atoms with Gasteiger partial charge in [-0.1, -0.05) is 12.1 Å². The molecular weight excluding hydrogens is 422 g/mol. The quantitative estimate of drug-likeness (QED) is 0.542. The van der Waals surface area contributed by atoms with Crippen LogP contribution in [0.15, 0.2) is 42.5 Å². The van der Waals surface area contributed by atoms with E-state index >= 15 is 0 Å². The average Bonchev–Trinajstić information content (AvgIpc) is 2.84. The summed E-state index contributed by atoms with van der Waals surface area (Å²) in [6.07, 6.45) is 0.954.